The number of hydrogen-bond donors (Lipinski definition) is 2. The number of aromatic nitrogens is 1. The van der Waals surface area contributed by atoms with Crippen LogP contribution in [0.2, 0.25) is 5.02 Å². The minimum atomic E-state index is 0.296. The van der Waals surface area contributed by atoms with Gasteiger partial charge < -0.3 is 15.2 Å². The van der Waals surface area contributed by atoms with Crippen molar-refractivity contribution >= 4 is 28.2 Å². The van der Waals surface area contributed by atoms with Crippen molar-refractivity contribution in [1.29, 1.82) is 0 Å². The van der Waals surface area contributed by atoms with Gasteiger partial charge in [0.2, 0.25) is 0 Å². The van der Waals surface area contributed by atoms with E-state index in [2.05, 4.69) is 72.6 Å². The first-order valence-electron chi connectivity index (χ1n) is 8.84. The highest BCUT2D eigenvalue weighted by Crippen LogP contribution is 2.37. The minimum absolute atomic E-state index is 0.296. The lowest BCUT2D eigenvalue weighted by Gasteiger charge is -2.25. The minimum Gasteiger partial charge on any atom is -0.378 e. The molecule has 1 aliphatic heterocycles. The Balaban J connectivity index is 1.73. The van der Waals surface area contributed by atoms with Gasteiger partial charge in [-0.3, -0.25) is 0 Å². The number of rotatable bonds is 3. The van der Waals surface area contributed by atoms with Gasteiger partial charge in [-0.1, -0.05) is 29.8 Å². The molecule has 1 unspecified atom stereocenters. The molecule has 4 heteroatoms. The Morgan fingerprint density at radius 1 is 1.20 bits per heavy atom. The van der Waals surface area contributed by atoms with Crippen molar-refractivity contribution in [3.8, 4) is 0 Å². The van der Waals surface area contributed by atoms with Crippen molar-refractivity contribution in [3.05, 3.63) is 63.8 Å². The molecule has 0 radical (unpaired) electrons. The van der Waals surface area contributed by atoms with E-state index >= 15 is 0 Å². The van der Waals surface area contributed by atoms with Gasteiger partial charge >= 0.3 is 0 Å². The molecule has 0 saturated carbocycles. The highest BCUT2D eigenvalue weighted by molar-refractivity contribution is 6.36. The molecule has 0 fully saturated rings. The van der Waals surface area contributed by atoms with Crippen molar-refractivity contribution in [3.63, 3.8) is 0 Å². The fourth-order valence-corrected chi connectivity index (χ4v) is 4.12. The van der Waals surface area contributed by atoms with Gasteiger partial charge in [-0.2, -0.15) is 0 Å². The molecule has 1 aliphatic rings. The van der Waals surface area contributed by atoms with E-state index in [9.17, 15) is 0 Å². The molecular weight excluding hydrogens is 330 g/mol. The number of aromatic amines is 1. The van der Waals surface area contributed by atoms with E-state index in [0.717, 1.165) is 35.5 Å². The van der Waals surface area contributed by atoms with Gasteiger partial charge in [0.1, 0.15) is 0 Å². The van der Waals surface area contributed by atoms with Crippen molar-refractivity contribution in [2.45, 2.75) is 25.8 Å². The Labute approximate surface area is 154 Å². The molecule has 0 aliphatic carbocycles. The lowest BCUT2D eigenvalue weighted by atomic mass is 9.94. The lowest BCUT2D eigenvalue weighted by Crippen LogP contribution is -2.31. The van der Waals surface area contributed by atoms with Crippen LogP contribution >= 0.6 is 11.6 Å². The van der Waals surface area contributed by atoms with E-state index < -0.39 is 0 Å². The molecule has 3 aromatic rings. The van der Waals surface area contributed by atoms with Crippen molar-refractivity contribution in [2.24, 2.45) is 0 Å². The Bertz CT molecular complexity index is 926. The largest absolute Gasteiger partial charge is 0.378 e. The van der Waals surface area contributed by atoms with Crippen molar-refractivity contribution in [2.75, 3.05) is 25.5 Å². The quantitative estimate of drug-likeness (QED) is 0.719. The summed E-state index contributed by atoms with van der Waals surface area (Å²) in [6, 6.07) is 13.3. The molecular formula is C21H24ClN3. The molecule has 0 spiro atoms. The van der Waals surface area contributed by atoms with Crippen LogP contribution in [-0.2, 0) is 12.8 Å². The van der Waals surface area contributed by atoms with Gasteiger partial charge in [0, 0.05) is 36.4 Å². The van der Waals surface area contributed by atoms with Crippen LogP contribution < -0.4 is 10.2 Å². The van der Waals surface area contributed by atoms with Crippen LogP contribution in [0.1, 0.15) is 28.4 Å². The Kier molecular flexibility index (Phi) is 4.22. The summed E-state index contributed by atoms with van der Waals surface area (Å²) < 4.78 is 0. The molecule has 3 nitrogen and oxygen atoms in total. The second kappa shape index (κ2) is 6.40. The van der Waals surface area contributed by atoms with Gasteiger partial charge in [-0.15, -0.1) is 0 Å². The molecule has 0 saturated heterocycles. The number of halogens is 1. The summed E-state index contributed by atoms with van der Waals surface area (Å²) in [4.78, 5) is 5.78. The van der Waals surface area contributed by atoms with Crippen LogP contribution in [0.25, 0.3) is 10.9 Å². The Hall–Kier alpha value is -1.97. The summed E-state index contributed by atoms with van der Waals surface area (Å²) in [5.74, 6) is 0. The number of H-pyrrole nitrogens is 1. The Morgan fingerprint density at radius 2 is 2.04 bits per heavy atom. The predicted octanol–water partition coefficient (Wildman–Crippen LogP) is 4.63. The smallest absolute Gasteiger partial charge is 0.0531 e. The number of nitrogens with one attached hydrogen (secondary N) is 2. The molecule has 1 aromatic heterocycles. The van der Waals surface area contributed by atoms with Gasteiger partial charge in [-0.05, 0) is 61.2 Å². The topological polar surface area (TPSA) is 31.1 Å². The number of hydrogen-bond acceptors (Lipinski definition) is 2. The SMILES string of the molecule is Cc1ccc2[nH]c3c(c2c1Cl)CCNC3Cc1cccc(N(C)C)c1. The third-order valence-corrected chi connectivity index (χ3v) is 5.70. The zero-order chi connectivity index (χ0) is 17.6. The van der Waals surface area contributed by atoms with Crippen molar-refractivity contribution < 1.29 is 0 Å². The number of benzene rings is 2. The second-order valence-electron chi connectivity index (χ2n) is 7.16. The van der Waals surface area contributed by atoms with E-state index in [1.54, 1.807) is 0 Å². The second-order valence-corrected chi connectivity index (χ2v) is 7.54. The number of fused-ring (bicyclic) bond motifs is 3. The maximum atomic E-state index is 6.62. The highest BCUT2D eigenvalue weighted by atomic mass is 35.5. The van der Waals surface area contributed by atoms with Gasteiger partial charge in [0.25, 0.3) is 0 Å². The molecule has 25 heavy (non-hydrogen) atoms. The molecule has 2 aromatic carbocycles. The average Bonchev–Trinajstić information content (AvgIpc) is 2.99. The maximum absolute atomic E-state index is 6.62. The van der Waals surface area contributed by atoms with Gasteiger partial charge in [0.15, 0.2) is 0 Å². The molecule has 0 amide bonds. The summed E-state index contributed by atoms with van der Waals surface area (Å²) >= 11 is 6.62. The van der Waals surface area contributed by atoms with Crippen LogP contribution in [0.4, 0.5) is 5.69 Å². The van der Waals surface area contributed by atoms with Crippen LogP contribution in [0.15, 0.2) is 36.4 Å². The highest BCUT2D eigenvalue weighted by Gasteiger charge is 2.25. The van der Waals surface area contributed by atoms with E-state index in [-0.39, 0.29) is 0 Å². The van der Waals surface area contributed by atoms with E-state index in [1.165, 1.54) is 27.9 Å². The zero-order valence-electron chi connectivity index (χ0n) is 15.0. The maximum Gasteiger partial charge on any atom is 0.0531 e. The molecule has 0 bridgehead atoms. The summed E-state index contributed by atoms with van der Waals surface area (Å²) in [7, 11) is 4.16. The molecule has 4 rings (SSSR count). The fourth-order valence-electron chi connectivity index (χ4n) is 3.84. The normalized spacial score (nSPS) is 16.9. The third kappa shape index (κ3) is 2.92. The summed E-state index contributed by atoms with van der Waals surface area (Å²) in [6.07, 6.45) is 1.99. The molecule has 2 N–H and O–H groups in total. The molecule has 1 atom stereocenters. The average molecular weight is 354 g/mol. The first-order chi connectivity index (χ1) is 12.0. The van der Waals surface area contributed by atoms with E-state index in [0.29, 0.717) is 6.04 Å². The molecule has 130 valence electrons. The predicted molar refractivity (Wildman–Crippen MR) is 107 cm³/mol. The summed E-state index contributed by atoms with van der Waals surface area (Å²) in [5.41, 5.74) is 7.56. The Morgan fingerprint density at radius 3 is 2.84 bits per heavy atom. The van der Waals surface area contributed by atoms with Crippen LogP contribution in [-0.4, -0.2) is 25.6 Å². The van der Waals surface area contributed by atoms with Gasteiger partial charge in [-0.25, -0.2) is 0 Å². The van der Waals surface area contributed by atoms with E-state index in [1.807, 2.05) is 0 Å². The van der Waals surface area contributed by atoms with Crippen LogP contribution in [0, 0.1) is 6.92 Å². The zero-order valence-corrected chi connectivity index (χ0v) is 15.7. The monoisotopic (exact) mass is 353 g/mol. The lowest BCUT2D eigenvalue weighted by molar-refractivity contribution is 0.495. The molecule has 2 heterocycles. The number of aryl methyl sites for hydroxylation is 1. The first-order valence-corrected chi connectivity index (χ1v) is 9.21. The van der Waals surface area contributed by atoms with Crippen LogP contribution in [0.3, 0.4) is 0 Å². The van der Waals surface area contributed by atoms with Gasteiger partial charge in [0.05, 0.1) is 11.1 Å². The summed E-state index contributed by atoms with van der Waals surface area (Å²) in [6.45, 7) is 3.06. The number of anilines is 1. The standard InChI is InChI=1S/C21H24ClN3/c1-13-7-8-17-19(20(13)22)16-9-10-23-18(21(16)24-17)12-14-5-4-6-15(11-14)25(2)3/h4-8,11,18,23-24H,9-10,12H2,1-3H3. The summed E-state index contributed by atoms with van der Waals surface area (Å²) in [5, 5.41) is 5.79. The van der Waals surface area contributed by atoms with E-state index in [4.69, 9.17) is 11.6 Å². The first kappa shape index (κ1) is 16.5. The van der Waals surface area contributed by atoms with Crippen LogP contribution in [0.5, 0.6) is 0 Å². The third-order valence-electron chi connectivity index (χ3n) is 5.21. The number of nitrogens with zero attached hydrogens (tertiary/aromatic N) is 1. The fraction of sp³-hybridized carbons (Fsp3) is 0.333. The van der Waals surface area contributed by atoms with Crippen molar-refractivity contribution in [1.82, 2.24) is 10.3 Å².